The Balaban J connectivity index is 2.08. The fourth-order valence-electron chi connectivity index (χ4n) is 4.69. The lowest BCUT2D eigenvalue weighted by Crippen LogP contribution is -2.35. The Morgan fingerprint density at radius 3 is 1.93 bits per heavy atom. The number of rotatable bonds is 3. The van der Waals surface area contributed by atoms with Crippen molar-refractivity contribution in [2.75, 3.05) is 13.3 Å². The van der Waals surface area contributed by atoms with E-state index in [1.54, 1.807) is 0 Å². The summed E-state index contributed by atoms with van der Waals surface area (Å²) in [6.45, 7) is 0. The first-order valence-corrected chi connectivity index (χ1v) is 11.6. The molecule has 2 unspecified atom stereocenters. The third-order valence-corrected chi connectivity index (χ3v) is 8.74. The normalized spacial score (nSPS) is 19.2. The molecule has 0 aromatic heterocycles. The molecular formula is C26H25O2P. The molecule has 146 valence electrons. The lowest BCUT2D eigenvalue weighted by molar-refractivity contribution is -0.133. The van der Waals surface area contributed by atoms with E-state index >= 15 is 0 Å². The summed E-state index contributed by atoms with van der Waals surface area (Å²) in [7, 11) is 0.536. The Morgan fingerprint density at radius 1 is 0.897 bits per heavy atom. The van der Waals surface area contributed by atoms with Gasteiger partial charge in [0, 0.05) is 5.92 Å². The highest BCUT2D eigenvalue weighted by molar-refractivity contribution is 7.49. The summed E-state index contributed by atoms with van der Waals surface area (Å²) >= 11 is 0. The van der Waals surface area contributed by atoms with Gasteiger partial charge in [0.05, 0.1) is 12.3 Å². The Kier molecular flexibility index (Phi) is 5.86. The Bertz CT molecular complexity index is 1010. The third-order valence-electron chi connectivity index (χ3n) is 5.85. The van der Waals surface area contributed by atoms with Gasteiger partial charge in [0.25, 0.3) is 0 Å². The summed E-state index contributed by atoms with van der Waals surface area (Å²) < 4.78 is 5.03. The quantitative estimate of drug-likeness (QED) is 0.391. The predicted octanol–water partition coefficient (Wildman–Crippen LogP) is 6.12. The summed E-state index contributed by atoms with van der Waals surface area (Å²) in [5, 5.41) is -0.314. The van der Waals surface area contributed by atoms with Crippen molar-refractivity contribution in [2.45, 2.75) is 23.9 Å². The number of hydrogen-bond donors (Lipinski definition) is 0. The van der Waals surface area contributed by atoms with Crippen molar-refractivity contribution >= 4 is 13.3 Å². The van der Waals surface area contributed by atoms with Crippen LogP contribution in [0.3, 0.4) is 0 Å². The number of ether oxygens (including phenoxy) is 1. The van der Waals surface area contributed by atoms with Gasteiger partial charge in [-0.05, 0) is 41.3 Å². The monoisotopic (exact) mass is 400 g/mol. The fraction of sp³-hybridized carbons (Fsp3) is 0.231. The van der Waals surface area contributed by atoms with Gasteiger partial charge in [-0.2, -0.15) is 0 Å². The van der Waals surface area contributed by atoms with E-state index in [-0.39, 0.29) is 17.0 Å². The van der Waals surface area contributed by atoms with Crippen molar-refractivity contribution in [3.63, 3.8) is 0 Å². The van der Waals surface area contributed by atoms with E-state index in [9.17, 15) is 4.79 Å². The maximum atomic E-state index is 12.4. The van der Waals surface area contributed by atoms with E-state index in [2.05, 4.69) is 96.6 Å². The van der Waals surface area contributed by atoms with E-state index in [0.717, 1.165) is 19.0 Å². The fourth-order valence-corrected chi connectivity index (χ4v) is 7.71. The molecule has 0 N–H and O–H groups in total. The van der Waals surface area contributed by atoms with Gasteiger partial charge in [-0.3, -0.25) is 0 Å². The van der Waals surface area contributed by atoms with Gasteiger partial charge in [0.1, 0.15) is 0 Å². The Hall–Kier alpha value is -2.79. The number of methoxy groups -OCH3 is 1. The van der Waals surface area contributed by atoms with Crippen molar-refractivity contribution in [1.29, 1.82) is 0 Å². The molecule has 1 heterocycles. The van der Waals surface area contributed by atoms with Crippen LogP contribution in [0.1, 0.15) is 35.4 Å². The number of carbonyl (C=O) groups excluding carboxylic acids is 1. The molecule has 29 heavy (non-hydrogen) atoms. The lowest BCUT2D eigenvalue weighted by atomic mass is 9.74. The van der Waals surface area contributed by atoms with E-state index in [1.165, 1.54) is 23.8 Å². The molecule has 1 aliphatic heterocycles. The molecule has 0 spiro atoms. The minimum Gasteiger partial charge on any atom is -0.460 e. The molecule has 3 heteroatoms. The molecule has 0 saturated carbocycles. The zero-order chi connectivity index (χ0) is 20.1. The zero-order valence-corrected chi connectivity index (χ0v) is 17.5. The van der Waals surface area contributed by atoms with Gasteiger partial charge in [-0.15, -0.1) is 0 Å². The minimum absolute atomic E-state index is 0.269. The van der Waals surface area contributed by atoms with Gasteiger partial charge < -0.3 is 4.74 Å². The van der Waals surface area contributed by atoms with E-state index < -0.39 is 7.38 Å². The topological polar surface area (TPSA) is 26.3 Å². The summed E-state index contributed by atoms with van der Waals surface area (Å²) in [6, 6.07) is 32.1. The molecule has 1 aliphatic rings. The highest BCUT2D eigenvalue weighted by atomic mass is 31.1. The smallest absolute Gasteiger partial charge is 0.379 e. The van der Waals surface area contributed by atoms with Crippen molar-refractivity contribution < 1.29 is 9.53 Å². The molecule has 3 aromatic rings. The average Bonchev–Trinajstić information content (AvgIpc) is 2.80. The second-order valence-electron chi connectivity index (χ2n) is 7.36. The molecule has 1 saturated heterocycles. The number of carbonyl (C=O) groups is 1. The molecule has 4 rings (SSSR count). The summed E-state index contributed by atoms with van der Waals surface area (Å²) in [5.41, 5.74) is 7.08. The van der Waals surface area contributed by atoms with Gasteiger partial charge in [-0.1, -0.05) is 98.4 Å². The van der Waals surface area contributed by atoms with Gasteiger partial charge in [0.2, 0.25) is 0 Å². The largest absolute Gasteiger partial charge is 0.460 e. The van der Waals surface area contributed by atoms with Crippen LogP contribution in [-0.2, 0) is 14.7 Å². The summed E-state index contributed by atoms with van der Waals surface area (Å²) in [6.07, 6.45) is 3.13. The van der Waals surface area contributed by atoms with Crippen LogP contribution in [0.5, 0.6) is 0 Å². The predicted molar refractivity (Wildman–Crippen MR) is 120 cm³/mol. The SMILES string of the molecule is COC(=O)C#P1CCCC(c2ccccc2)C1(c1ccccc1)c1ccccc1. The summed E-state index contributed by atoms with van der Waals surface area (Å²) in [4.78, 5) is 12.4. The van der Waals surface area contributed by atoms with Crippen molar-refractivity contribution in [1.82, 2.24) is 0 Å². The van der Waals surface area contributed by atoms with Crippen LogP contribution in [-0.4, -0.2) is 19.2 Å². The Morgan fingerprint density at radius 2 is 1.41 bits per heavy atom. The number of hydrogen-bond acceptors (Lipinski definition) is 2. The second-order valence-corrected chi connectivity index (χ2v) is 9.59. The van der Waals surface area contributed by atoms with Crippen molar-refractivity contribution in [2.24, 2.45) is 0 Å². The van der Waals surface area contributed by atoms with Crippen LogP contribution in [0.15, 0.2) is 91.0 Å². The number of benzene rings is 3. The molecular weight excluding hydrogens is 375 g/mol. The van der Waals surface area contributed by atoms with Gasteiger partial charge >= 0.3 is 5.97 Å². The maximum absolute atomic E-state index is 12.4. The Labute approximate surface area is 173 Å². The first-order chi connectivity index (χ1) is 14.3. The van der Waals surface area contributed by atoms with Crippen molar-refractivity contribution in [3.8, 4) is 5.63 Å². The third kappa shape index (κ3) is 3.62. The summed E-state index contributed by atoms with van der Waals surface area (Å²) in [5.74, 6) is -0.0772. The minimum atomic E-state index is -0.905. The standard InChI is InChI=1S/C26H25O2P/c1-28-25(27)20-29-19-11-18-24(21-12-5-2-6-13-21)26(29,22-14-7-3-8-15-22)23-16-9-4-10-17-23/h2-10,12-17,24H,11,18-19H2,1H3. The van der Waals surface area contributed by atoms with Crippen LogP contribution in [0.4, 0.5) is 0 Å². The van der Waals surface area contributed by atoms with Crippen LogP contribution in [0.2, 0.25) is 0 Å². The van der Waals surface area contributed by atoms with Crippen LogP contribution < -0.4 is 0 Å². The molecule has 0 bridgehead atoms. The van der Waals surface area contributed by atoms with E-state index in [1.807, 2.05) is 0 Å². The molecule has 3 aromatic carbocycles. The van der Waals surface area contributed by atoms with Gasteiger partial charge in [0.15, 0.2) is 0 Å². The first kappa shape index (κ1) is 19.5. The molecule has 2 atom stereocenters. The second kappa shape index (κ2) is 8.70. The average molecular weight is 400 g/mol. The first-order valence-electron chi connectivity index (χ1n) is 10.0. The number of esters is 1. The van der Waals surface area contributed by atoms with Crippen LogP contribution in [0, 0.1) is 5.63 Å². The zero-order valence-electron chi connectivity index (χ0n) is 16.6. The van der Waals surface area contributed by atoms with Crippen LogP contribution in [0.25, 0.3) is 0 Å². The molecule has 0 radical (unpaired) electrons. The lowest BCUT2D eigenvalue weighted by Gasteiger charge is -2.46. The van der Waals surface area contributed by atoms with Gasteiger partial charge in [-0.25, -0.2) is 4.79 Å². The molecule has 0 amide bonds. The molecule has 2 nitrogen and oxygen atoms in total. The molecule has 0 aliphatic carbocycles. The van der Waals surface area contributed by atoms with Crippen molar-refractivity contribution in [3.05, 3.63) is 108 Å². The van der Waals surface area contributed by atoms with E-state index in [0.29, 0.717) is 0 Å². The highest BCUT2D eigenvalue weighted by Gasteiger charge is 2.47. The van der Waals surface area contributed by atoms with Crippen LogP contribution >= 0.6 is 7.38 Å². The highest BCUT2D eigenvalue weighted by Crippen LogP contribution is 2.63. The van der Waals surface area contributed by atoms with E-state index in [4.69, 9.17) is 4.74 Å². The molecule has 1 fully saturated rings. The maximum Gasteiger partial charge on any atom is 0.379 e.